The van der Waals surface area contributed by atoms with E-state index in [1.165, 1.54) is 19.1 Å². The van der Waals surface area contributed by atoms with Gasteiger partial charge in [-0.25, -0.2) is 9.36 Å². The molecule has 1 aliphatic rings. The summed E-state index contributed by atoms with van der Waals surface area (Å²) in [4.78, 5) is 37.9. The fraction of sp³-hybridized carbons (Fsp3) is 0.500. The SMILES string of the molecule is CC(C)OC(=O)C(C)NP(=O)(OC[C@@]1(O)O[C@@H](n2ccc(=O)[nH]c2=O)[C@](C)(O)[C@@H]1O)Oc1ccccc1. The van der Waals surface area contributed by atoms with Gasteiger partial charge in [-0.3, -0.25) is 23.7 Å². The zero-order valence-electron chi connectivity index (χ0n) is 20.6. The van der Waals surface area contributed by atoms with Crippen molar-refractivity contribution in [3.8, 4) is 5.75 Å². The minimum absolute atomic E-state index is 0.0901. The fourth-order valence-corrected chi connectivity index (χ4v) is 5.06. The molecule has 2 unspecified atom stereocenters. The first-order valence-corrected chi connectivity index (χ1v) is 12.8. The number of nitrogens with zero attached hydrogens (tertiary/aromatic N) is 1. The molecule has 1 saturated heterocycles. The standard InChI is InChI=1S/C22H30N3O11P/c1-13(2)34-17(27)14(3)24-37(32,36-15-8-6-5-7-9-15)33-12-22(31)18(28)21(4,30)19(35-22)25-11-10-16(26)23-20(25)29/h5-11,13-14,18-19,28,30-31H,12H2,1-4H3,(H,24,32)(H,23,26,29)/t14?,18-,19+,21+,22+,37?/m0/s1. The number of nitrogens with one attached hydrogen (secondary N) is 2. The lowest BCUT2D eigenvalue weighted by Crippen LogP contribution is -2.52. The third kappa shape index (κ3) is 6.54. The van der Waals surface area contributed by atoms with Crippen molar-refractivity contribution in [3.63, 3.8) is 0 Å². The Labute approximate surface area is 211 Å². The van der Waals surface area contributed by atoms with Crippen molar-refractivity contribution in [1.82, 2.24) is 14.6 Å². The fourth-order valence-electron chi connectivity index (χ4n) is 3.54. The van der Waals surface area contributed by atoms with Crippen LogP contribution in [0, 0.1) is 0 Å². The molecule has 0 aliphatic carbocycles. The second-order valence-corrected chi connectivity index (χ2v) is 10.7. The van der Waals surface area contributed by atoms with Gasteiger partial charge >= 0.3 is 19.4 Å². The maximum atomic E-state index is 13.6. The Bertz CT molecular complexity index is 1260. The summed E-state index contributed by atoms with van der Waals surface area (Å²) in [5, 5.41) is 35.0. The number of aliphatic hydroxyl groups excluding tert-OH is 1. The van der Waals surface area contributed by atoms with Gasteiger partial charge in [0.15, 0.2) is 6.23 Å². The normalized spacial score (nSPS) is 28.0. The molecule has 204 valence electrons. The lowest BCUT2D eigenvalue weighted by Gasteiger charge is -2.30. The second kappa shape index (κ2) is 10.9. The molecule has 2 aromatic rings. The van der Waals surface area contributed by atoms with Crippen LogP contribution in [0.5, 0.6) is 5.75 Å². The summed E-state index contributed by atoms with van der Waals surface area (Å²) in [5.41, 5.74) is -3.97. The van der Waals surface area contributed by atoms with Gasteiger partial charge in [0.25, 0.3) is 5.56 Å². The van der Waals surface area contributed by atoms with Crippen molar-refractivity contribution in [3.05, 3.63) is 63.4 Å². The minimum atomic E-state index is -4.47. The number of aromatic amines is 1. The van der Waals surface area contributed by atoms with Crippen molar-refractivity contribution < 1.29 is 43.2 Å². The summed E-state index contributed by atoms with van der Waals surface area (Å²) in [6.45, 7) is 4.66. The number of rotatable bonds is 10. The Morgan fingerprint density at radius 3 is 2.46 bits per heavy atom. The van der Waals surface area contributed by atoms with Crippen LogP contribution in [0.25, 0.3) is 0 Å². The molecule has 0 amide bonds. The van der Waals surface area contributed by atoms with Gasteiger partial charge < -0.3 is 29.3 Å². The molecule has 37 heavy (non-hydrogen) atoms. The molecule has 0 saturated carbocycles. The lowest BCUT2D eigenvalue weighted by atomic mass is 9.94. The third-order valence-electron chi connectivity index (χ3n) is 5.37. The Morgan fingerprint density at radius 1 is 1.22 bits per heavy atom. The molecule has 1 aromatic heterocycles. The van der Waals surface area contributed by atoms with Gasteiger partial charge in [0.2, 0.25) is 5.79 Å². The number of hydrogen-bond donors (Lipinski definition) is 5. The zero-order chi connectivity index (χ0) is 27.6. The Balaban J connectivity index is 1.86. The molecular weight excluding hydrogens is 513 g/mol. The first-order chi connectivity index (χ1) is 17.2. The van der Waals surface area contributed by atoms with Crippen molar-refractivity contribution in [2.45, 2.75) is 63.6 Å². The molecule has 5 N–H and O–H groups in total. The largest absolute Gasteiger partial charge is 0.462 e. The van der Waals surface area contributed by atoms with Gasteiger partial charge in [0.05, 0.1) is 6.10 Å². The van der Waals surface area contributed by atoms with E-state index in [4.69, 9.17) is 18.5 Å². The van der Waals surface area contributed by atoms with Crippen molar-refractivity contribution in [1.29, 1.82) is 0 Å². The highest BCUT2D eigenvalue weighted by Crippen LogP contribution is 2.49. The average Bonchev–Trinajstić information content (AvgIpc) is 2.98. The number of hydrogen-bond acceptors (Lipinski definition) is 11. The second-order valence-electron chi connectivity index (χ2n) is 8.97. The minimum Gasteiger partial charge on any atom is -0.462 e. The smallest absolute Gasteiger partial charge is 0.459 e. The monoisotopic (exact) mass is 543 g/mol. The number of carbonyl (C=O) groups excluding carboxylic acids is 1. The molecule has 2 heterocycles. The molecule has 1 fully saturated rings. The maximum Gasteiger partial charge on any atom is 0.459 e. The summed E-state index contributed by atoms with van der Waals surface area (Å²) in [7, 11) is -4.47. The van der Waals surface area contributed by atoms with Crippen LogP contribution in [-0.2, 0) is 23.4 Å². The van der Waals surface area contributed by atoms with Gasteiger partial charge in [-0.2, -0.15) is 5.09 Å². The highest BCUT2D eigenvalue weighted by molar-refractivity contribution is 7.52. The Hall–Kier alpha value is -2.84. The number of esters is 1. The molecule has 1 aliphatic heterocycles. The van der Waals surface area contributed by atoms with Crippen LogP contribution in [0.4, 0.5) is 0 Å². The van der Waals surface area contributed by atoms with Crippen LogP contribution >= 0.6 is 7.75 Å². The van der Waals surface area contributed by atoms with E-state index in [0.29, 0.717) is 0 Å². The highest BCUT2D eigenvalue weighted by Gasteiger charge is 2.62. The molecule has 0 radical (unpaired) electrons. The zero-order valence-corrected chi connectivity index (χ0v) is 21.5. The molecule has 1 aromatic carbocycles. The summed E-state index contributed by atoms with van der Waals surface area (Å²) in [6.07, 6.45) is -3.21. The van der Waals surface area contributed by atoms with Gasteiger partial charge in [0, 0.05) is 12.3 Å². The van der Waals surface area contributed by atoms with E-state index in [1.54, 1.807) is 32.0 Å². The van der Waals surface area contributed by atoms with E-state index in [1.807, 2.05) is 4.98 Å². The third-order valence-corrected chi connectivity index (χ3v) is 6.99. The lowest BCUT2D eigenvalue weighted by molar-refractivity contribution is -0.251. The average molecular weight is 543 g/mol. The summed E-state index contributed by atoms with van der Waals surface area (Å²) in [5.74, 6) is -3.37. The first-order valence-electron chi connectivity index (χ1n) is 11.3. The number of ether oxygens (including phenoxy) is 2. The van der Waals surface area contributed by atoms with Crippen LogP contribution in [0.2, 0.25) is 0 Å². The molecule has 0 spiro atoms. The number of benzene rings is 1. The number of carbonyl (C=O) groups is 1. The Kier molecular flexibility index (Phi) is 8.44. The summed E-state index contributed by atoms with van der Waals surface area (Å²) < 4.78 is 35.7. The number of aliphatic hydroxyl groups is 3. The highest BCUT2D eigenvalue weighted by atomic mass is 31.2. The van der Waals surface area contributed by atoms with Gasteiger partial charge in [-0.05, 0) is 39.8 Å². The van der Waals surface area contributed by atoms with Crippen LogP contribution in [0.3, 0.4) is 0 Å². The van der Waals surface area contributed by atoms with Gasteiger partial charge in [0.1, 0.15) is 30.1 Å². The van der Waals surface area contributed by atoms with E-state index >= 15 is 0 Å². The van der Waals surface area contributed by atoms with Crippen molar-refractivity contribution in [2.24, 2.45) is 0 Å². The molecular formula is C22H30N3O11P. The Morgan fingerprint density at radius 2 is 1.86 bits per heavy atom. The predicted octanol–water partition coefficient (Wildman–Crippen LogP) is -0.000700. The van der Waals surface area contributed by atoms with E-state index in [0.717, 1.165) is 23.8 Å². The quantitative estimate of drug-likeness (QED) is 0.199. The molecule has 15 heteroatoms. The first kappa shape index (κ1) is 28.7. The molecule has 14 nitrogen and oxygen atoms in total. The predicted molar refractivity (Wildman–Crippen MR) is 127 cm³/mol. The number of para-hydroxylation sites is 1. The van der Waals surface area contributed by atoms with E-state index in [2.05, 4.69) is 5.09 Å². The van der Waals surface area contributed by atoms with E-state index < -0.39 is 67.4 Å². The van der Waals surface area contributed by atoms with Crippen LogP contribution in [0.15, 0.2) is 52.2 Å². The molecule has 0 bridgehead atoms. The van der Waals surface area contributed by atoms with Crippen LogP contribution in [0.1, 0.15) is 33.9 Å². The topological polar surface area (TPSA) is 199 Å². The van der Waals surface area contributed by atoms with Crippen LogP contribution in [-0.4, -0.2) is 67.1 Å². The van der Waals surface area contributed by atoms with Crippen molar-refractivity contribution >= 4 is 13.7 Å². The summed E-state index contributed by atoms with van der Waals surface area (Å²) >= 11 is 0. The van der Waals surface area contributed by atoms with Crippen molar-refractivity contribution in [2.75, 3.05) is 6.61 Å². The van der Waals surface area contributed by atoms with E-state index in [-0.39, 0.29) is 5.75 Å². The van der Waals surface area contributed by atoms with Gasteiger partial charge in [-0.1, -0.05) is 18.2 Å². The van der Waals surface area contributed by atoms with E-state index in [9.17, 15) is 34.3 Å². The molecule has 6 atom stereocenters. The van der Waals surface area contributed by atoms with Crippen LogP contribution < -0.4 is 20.9 Å². The maximum absolute atomic E-state index is 13.6. The number of aromatic nitrogens is 2. The summed E-state index contributed by atoms with van der Waals surface area (Å²) in [6, 6.07) is 7.60. The number of H-pyrrole nitrogens is 1. The van der Waals surface area contributed by atoms with Gasteiger partial charge in [-0.15, -0.1) is 0 Å². The molecule has 3 rings (SSSR count).